The maximum absolute atomic E-state index is 13.5. The monoisotopic (exact) mass is 339 g/mol. The molecule has 122 valence electrons. The van der Waals surface area contributed by atoms with Crippen molar-refractivity contribution in [2.75, 3.05) is 25.0 Å². The van der Waals surface area contributed by atoms with Gasteiger partial charge in [-0.25, -0.2) is 4.39 Å². The third-order valence-corrected chi connectivity index (χ3v) is 2.80. The van der Waals surface area contributed by atoms with Crippen molar-refractivity contribution in [2.24, 2.45) is 5.73 Å². The molecule has 0 aromatic heterocycles. The summed E-state index contributed by atoms with van der Waals surface area (Å²) in [5.74, 6) is -0.418. The number of amides is 1. The van der Waals surface area contributed by atoms with E-state index in [0.717, 1.165) is 6.42 Å². The average Bonchev–Trinajstić information content (AvgIpc) is 2.33. The van der Waals surface area contributed by atoms with Gasteiger partial charge in [0.15, 0.2) is 0 Å². The molecule has 1 aromatic rings. The predicted molar refractivity (Wildman–Crippen MR) is 90.1 cm³/mol. The van der Waals surface area contributed by atoms with Crippen molar-refractivity contribution in [1.29, 1.82) is 0 Å². The van der Waals surface area contributed by atoms with Crippen LogP contribution in [0.4, 0.5) is 10.1 Å². The number of halogens is 3. The molecule has 0 heterocycles. The Balaban J connectivity index is 0. The zero-order valence-electron chi connectivity index (χ0n) is 12.6. The molecule has 0 saturated carbocycles. The van der Waals surface area contributed by atoms with Crippen LogP contribution in [0.25, 0.3) is 0 Å². The lowest BCUT2D eigenvalue weighted by molar-refractivity contribution is -0.125. The van der Waals surface area contributed by atoms with Crippen LogP contribution in [0.2, 0.25) is 0 Å². The number of hydrogen-bond donors (Lipinski definition) is 2. The van der Waals surface area contributed by atoms with Crippen LogP contribution in [0.3, 0.4) is 0 Å². The number of para-hydroxylation sites is 1. The Kier molecular flexibility index (Phi) is 10.4. The van der Waals surface area contributed by atoms with Gasteiger partial charge in [0.25, 0.3) is 0 Å². The Morgan fingerprint density at radius 3 is 2.43 bits per heavy atom. The summed E-state index contributed by atoms with van der Waals surface area (Å²) in [4.78, 5) is 13.4. The largest absolute Gasteiger partial charge is 0.372 e. The van der Waals surface area contributed by atoms with Crippen LogP contribution in [-0.4, -0.2) is 31.6 Å². The third kappa shape index (κ3) is 7.50. The molecule has 0 aliphatic heterocycles. The molecule has 0 bridgehead atoms. The summed E-state index contributed by atoms with van der Waals surface area (Å²) in [5.41, 5.74) is 5.36. The standard InChI is InChI=1S/C14H22FN3O.2ClH/c1-14(2,16)13(19)17-9-6-10-18(3)12-8-5-4-7-11(12)15;;/h4-5,7-8H,6,9-10,16H2,1-3H3,(H,17,19);2*1H. The van der Waals surface area contributed by atoms with Crippen molar-refractivity contribution in [1.82, 2.24) is 5.32 Å². The topological polar surface area (TPSA) is 58.4 Å². The summed E-state index contributed by atoms with van der Waals surface area (Å²) in [6.45, 7) is 4.51. The first-order valence-electron chi connectivity index (χ1n) is 6.35. The van der Waals surface area contributed by atoms with Gasteiger partial charge < -0.3 is 16.0 Å². The fraction of sp³-hybridized carbons (Fsp3) is 0.500. The maximum atomic E-state index is 13.5. The van der Waals surface area contributed by atoms with E-state index < -0.39 is 5.54 Å². The van der Waals surface area contributed by atoms with E-state index in [1.54, 1.807) is 32.0 Å². The van der Waals surface area contributed by atoms with Crippen LogP contribution in [-0.2, 0) is 4.79 Å². The summed E-state index contributed by atoms with van der Waals surface area (Å²) in [6.07, 6.45) is 0.729. The van der Waals surface area contributed by atoms with E-state index >= 15 is 0 Å². The molecule has 3 N–H and O–H groups in total. The van der Waals surface area contributed by atoms with Crippen LogP contribution < -0.4 is 16.0 Å². The van der Waals surface area contributed by atoms with Crippen molar-refractivity contribution < 1.29 is 9.18 Å². The molecule has 21 heavy (non-hydrogen) atoms. The second-order valence-corrected chi connectivity index (χ2v) is 5.20. The van der Waals surface area contributed by atoms with Crippen LogP contribution in [0, 0.1) is 5.82 Å². The number of anilines is 1. The predicted octanol–water partition coefficient (Wildman–Crippen LogP) is 2.35. The smallest absolute Gasteiger partial charge is 0.239 e. The van der Waals surface area contributed by atoms with Crippen LogP contribution in [0.5, 0.6) is 0 Å². The van der Waals surface area contributed by atoms with E-state index in [9.17, 15) is 9.18 Å². The Morgan fingerprint density at radius 1 is 1.33 bits per heavy atom. The number of nitrogens with two attached hydrogens (primary N) is 1. The highest BCUT2D eigenvalue weighted by molar-refractivity contribution is 5.85. The van der Waals surface area contributed by atoms with Gasteiger partial charge in [-0.05, 0) is 32.4 Å². The van der Waals surface area contributed by atoms with Gasteiger partial charge in [-0.1, -0.05) is 12.1 Å². The van der Waals surface area contributed by atoms with Crippen molar-refractivity contribution in [3.05, 3.63) is 30.1 Å². The van der Waals surface area contributed by atoms with E-state index in [2.05, 4.69) is 5.32 Å². The van der Waals surface area contributed by atoms with E-state index in [0.29, 0.717) is 18.8 Å². The molecular formula is C14H24Cl2FN3O. The molecule has 0 unspecified atom stereocenters. The fourth-order valence-electron chi connectivity index (χ4n) is 1.63. The van der Waals surface area contributed by atoms with Gasteiger partial charge in [0.05, 0.1) is 11.2 Å². The lowest BCUT2D eigenvalue weighted by Gasteiger charge is -2.21. The Bertz CT molecular complexity index is 438. The quantitative estimate of drug-likeness (QED) is 0.782. The lowest BCUT2D eigenvalue weighted by Crippen LogP contribution is -2.49. The second-order valence-electron chi connectivity index (χ2n) is 5.20. The minimum Gasteiger partial charge on any atom is -0.372 e. The Labute approximate surface area is 138 Å². The number of nitrogens with zero attached hydrogens (tertiary/aromatic N) is 1. The van der Waals surface area contributed by atoms with Gasteiger partial charge in [0.2, 0.25) is 5.91 Å². The number of carbonyl (C=O) groups excluding carboxylic acids is 1. The third-order valence-electron chi connectivity index (χ3n) is 2.80. The van der Waals surface area contributed by atoms with Crippen molar-refractivity contribution in [3.8, 4) is 0 Å². The normalized spacial score (nSPS) is 10.1. The minimum atomic E-state index is -0.864. The first-order chi connectivity index (χ1) is 8.82. The molecule has 0 aliphatic carbocycles. The van der Waals surface area contributed by atoms with E-state index in [1.165, 1.54) is 6.07 Å². The number of rotatable bonds is 6. The second kappa shape index (κ2) is 9.82. The molecule has 1 aromatic carbocycles. The zero-order chi connectivity index (χ0) is 14.5. The summed E-state index contributed by atoms with van der Waals surface area (Å²) in [5, 5.41) is 2.76. The molecule has 7 heteroatoms. The van der Waals surface area contributed by atoms with Gasteiger partial charge in [-0.2, -0.15) is 0 Å². The molecule has 0 aliphatic rings. The number of nitrogens with one attached hydrogen (secondary N) is 1. The minimum absolute atomic E-state index is 0. The highest BCUT2D eigenvalue weighted by Crippen LogP contribution is 2.16. The molecule has 0 radical (unpaired) electrons. The number of hydrogen-bond acceptors (Lipinski definition) is 3. The summed E-state index contributed by atoms with van der Waals surface area (Å²) in [7, 11) is 1.83. The highest BCUT2D eigenvalue weighted by atomic mass is 35.5. The van der Waals surface area contributed by atoms with Gasteiger partial charge in [0.1, 0.15) is 5.82 Å². The Morgan fingerprint density at radius 2 is 1.90 bits per heavy atom. The molecule has 0 atom stereocenters. The Hall–Kier alpha value is -1.04. The number of benzene rings is 1. The highest BCUT2D eigenvalue weighted by Gasteiger charge is 2.20. The molecule has 0 spiro atoms. The van der Waals surface area contributed by atoms with Crippen molar-refractivity contribution in [3.63, 3.8) is 0 Å². The van der Waals surface area contributed by atoms with Gasteiger partial charge >= 0.3 is 0 Å². The fourth-order valence-corrected chi connectivity index (χ4v) is 1.63. The molecule has 4 nitrogen and oxygen atoms in total. The van der Waals surface area contributed by atoms with Gasteiger partial charge in [-0.3, -0.25) is 4.79 Å². The van der Waals surface area contributed by atoms with Crippen LogP contribution in [0.1, 0.15) is 20.3 Å². The first kappa shape index (κ1) is 22.2. The average molecular weight is 340 g/mol. The molecule has 0 saturated heterocycles. The maximum Gasteiger partial charge on any atom is 0.239 e. The molecule has 1 rings (SSSR count). The molecular weight excluding hydrogens is 316 g/mol. The summed E-state index contributed by atoms with van der Waals surface area (Å²) < 4.78 is 13.5. The zero-order valence-corrected chi connectivity index (χ0v) is 14.2. The molecule has 0 fully saturated rings. The molecule has 1 amide bonds. The SMILES string of the molecule is CN(CCCNC(=O)C(C)(C)N)c1ccccc1F.Cl.Cl. The van der Waals surface area contributed by atoms with Crippen molar-refractivity contribution in [2.45, 2.75) is 25.8 Å². The van der Waals surface area contributed by atoms with Gasteiger partial charge in [-0.15, -0.1) is 24.8 Å². The summed E-state index contributed by atoms with van der Waals surface area (Å²) in [6, 6.07) is 6.63. The van der Waals surface area contributed by atoms with E-state index in [4.69, 9.17) is 5.73 Å². The lowest BCUT2D eigenvalue weighted by atomic mass is 10.1. The van der Waals surface area contributed by atoms with Gasteiger partial charge in [0, 0.05) is 20.1 Å². The first-order valence-corrected chi connectivity index (χ1v) is 6.35. The van der Waals surface area contributed by atoms with Crippen molar-refractivity contribution >= 4 is 36.4 Å². The van der Waals surface area contributed by atoms with Crippen LogP contribution >= 0.6 is 24.8 Å². The van der Waals surface area contributed by atoms with E-state index in [-0.39, 0.29) is 36.5 Å². The number of carbonyl (C=O) groups is 1. The summed E-state index contributed by atoms with van der Waals surface area (Å²) >= 11 is 0. The van der Waals surface area contributed by atoms with E-state index in [1.807, 2.05) is 11.9 Å². The van der Waals surface area contributed by atoms with Crippen LogP contribution in [0.15, 0.2) is 24.3 Å².